The van der Waals surface area contributed by atoms with E-state index < -0.39 is 17.8 Å². The van der Waals surface area contributed by atoms with Gasteiger partial charge in [-0.05, 0) is 26.0 Å². The van der Waals surface area contributed by atoms with Crippen molar-refractivity contribution in [1.29, 1.82) is 0 Å². The lowest BCUT2D eigenvalue weighted by molar-refractivity contribution is -0.141. The molecule has 0 atom stereocenters. The third-order valence-electron chi connectivity index (χ3n) is 2.80. The van der Waals surface area contributed by atoms with Crippen LogP contribution >= 0.6 is 0 Å². The summed E-state index contributed by atoms with van der Waals surface area (Å²) in [5.41, 5.74) is -0.0365. The zero-order valence-electron chi connectivity index (χ0n) is 11.6. The number of carboxylic acids is 1. The van der Waals surface area contributed by atoms with Gasteiger partial charge < -0.3 is 14.7 Å². The van der Waals surface area contributed by atoms with Crippen LogP contribution in [0.2, 0.25) is 0 Å². The van der Waals surface area contributed by atoms with E-state index in [1.165, 1.54) is 24.1 Å². The number of amides is 1. The number of carbonyl (C=O) groups is 3. The number of hydrogen-bond donors (Lipinski definition) is 1. The van der Waals surface area contributed by atoms with Crippen molar-refractivity contribution in [2.45, 2.75) is 19.9 Å². The SMILES string of the molecule is COC(=O)CN(C(=O)c1ccccc1C(=O)O)C(C)C. The Bertz CT molecular complexity index is 524. The van der Waals surface area contributed by atoms with Gasteiger partial charge >= 0.3 is 11.9 Å². The van der Waals surface area contributed by atoms with Crippen molar-refractivity contribution in [1.82, 2.24) is 4.90 Å². The first-order valence-corrected chi connectivity index (χ1v) is 6.08. The standard InChI is InChI=1S/C14H17NO5/c1-9(2)15(8-12(16)20-3)13(17)10-6-4-5-7-11(10)14(18)19/h4-7,9H,8H2,1-3H3,(H,18,19). The van der Waals surface area contributed by atoms with Crippen LogP contribution in [-0.2, 0) is 9.53 Å². The normalized spacial score (nSPS) is 10.2. The number of methoxy groups -OCH3 is 1. The topological polar surface area (TPSA) is 83.9 Å². The first-order chi connectivity index (χ1) is 9.38. The van der Waals surface area contributed by atoms with E-state index in [1.54, 1.807) is 26.0 Å². The molecule has 6 heteroatoms. The van der Waals surface area contributed by atoms with Gasteiger partial charge in [0.05, 0.1) is 18.2 Å². The maximum atomic E-state index is 12.4. The van der Waals surface area contributed by atoms with Gasteiger partial charge in [0.25, 0.3) is 5.91 Å². The first-order valence-electron chi connectivity index (χ1n) is 6.08. The molecular weight excluding hydrogens is 262 g/mol. The Balaban J connectivity index is 3.13. The Morgan fingerprint density at radius 3 is 2.20 bits per heavy atom. The van der Waals surface area contributed by atoms with Gasteiger partial charge in [0, 0.05) is 6.04 Å². The summed E-state index contributed by atoms with van der Waals surface area (Å²) < 4.78 is 4.55. The Hall–Kier alpha value is -2.37. The number of carbonyl (C=O) groups excluding carboxylic acids is 2. The van der Waals surface area contributed by atoms with E-state index in [9.17, 15) is 14.4 Å². The van der Waals surface area contributed by atoms with E-state index in [1.807, 2.05) is 0 Å². The molecule has 0 aliphatic heterocycles. The average molecular weight is 279 g/mol. The molecule has 1 N–H and O–H groups in total. The van der Waals surface area contributed by atoms with Crippen LogP contribution in [0, 0.1) is 0 Å². The fourth-order valence-electron chi connectivity index (χ4n) is 1.70. The molecule has 0 aliphatic rings. The zero-order valence-corrected chi connectivity index (χ0v) is 11.6. The average Bonchev–Trinajstić information content (AvgIpc) is 2.43. The van der Waals surface area contributed by atoms with Crippen molar-refractivity contribution in [2.75, 3.05) is 13.7 Å². The van der Waals surface area contributed by atoms with Gasteiger partial charge in [-0.2, -0.15) is 0 Å². The number of esters is 1. The lowest BCUT2D eigenvalue weighted by Gasteiger charge is -2.26. The van der Waals surface area contributed by atoms with E-state index in [0.717, 1.165) is 0 Å². The smallest absolute Gasteiger partial charge is 0.336 e. The molecule has 0 aromatic heterocycles. The molecule has 20 heavy (non-hydrogen) atoms. The van der Waals surface area contributed by atoms with Crippen LogP contribution in [0.4, 0.5) is 0 Å². The molecule has 6 nitrogen and oxygen atoms in total. The van der Waals surface area contributed by atoms with Gasteiger partial charge in [0.2, 0.25) is 0 Å². The molecule has 0 spiro atoms. The second-order valence-electron chi connectivity index (χ2n) is 4.45. The zero-order chi connectivity index (χ0) is 15.3. The Labute approximate surface area is 117 Å². The lowest BCUT2D eigenvalue weighted by atomic mass is 10.1. The molecule has 0 aliphatic carbocycles. The fraction of sp³-hybridized carbons (Fsp3) is 0.357. The van der Waals surface area contributed by atoms with Crippen molar-refractivity contribution in [3.8, 4) is 0 Å². The minimum Gasteiger partial charge on any atom is -0.478 e. The van der Waals surface area contributed by atoms with Crippen LogP contribution < -0.4 is 0 Å². The number of aromatic carboxylic acids is 1. The molecule has 1 rings (SSSR count). The van der Waals surface area contributed by atoms with Gasteiger partial charge in [-0.3, -0.25) is 9.59 Å². The Morgan fingerprint density at radius 1 is 1.20 bits per heavy atom. The van der Waals surface area contributed by atoms with Crippen molar-refractivity contribution in [2.24, 2.45) is 0 Å². The van der Waals surface area contributed by atoms with Gasteiger partial charge in [-0.15, -0.1) is 0 Å². The number of benzene rings is 1. The predicted molar refractivity (Wildman–Crippen MR) is 71.6 cm³/mol. The van der Waals surface area contributed by atoms with Crippen LogP contribution in [0.1, 0.15) is 34.6 Å². The molecule has 0 unspecified atom stereocenters. The maximum absolute atomic E-state index is 12.4. The van der Waals surface area contributed by atoms with Gasteiger partial charge in [-0.1, -0.05) is 12.1 Å². The van der Waals surface area contributed by atoms with E-state index in [-0.39, 0.29) is 23.7 Å². The minimum absolute atomic E-state index is 0.0533. The quantitative estimate of drug-likeness (QED) is 0.824. The first kappa shape index (κ1) is 15.7. The van der Waals surface area contributed by atoms with Crippen LogP contribution in [0.25, 0.3) is 0 Å². The highest BCUT2D eigenvalue weighted by atomic mass is 16.5. The van der Waals surface area contributed by atoms with E-state index in [0.29, 0.717) is 0 Å². The molecule has 1 aromatic rings. The highest BCUT2D eigenvalue weighted by molar-refractivity contribution is 6.05. The molecule has 0 heterocycles. The molecule has 0 bridgehead atoms. The summed E-state index contributed by atoms with van der Waals surface area (Å²) in [6, 6.07) is 5.64. The van der Waals surface area contributed by atoms with Crippen molar-refractivity contribution < 1.29 is 24.2 Å². The summed E-state index contributed by atoms with van der Waals surface area (Å²) in [4.78, 5) is 36.2. The summed E-state index contributed by atoms with van der Waals surface area (Å²) in [6.45, 7) is 3.26. The summed E-state index contributed by atoms with van der Waals surface area (Å²) >= 11 is 0. The van der Waals surface area contributed by atoms with Gasteiger partial charge in [0.15, 0.2) is 0 Å². The molecule has 0 saturated carbocycles. The van der Waals surface area contributed by atoms with Crippen LogP contribution in [0.3, 0.4) is 0 Å². The number of rotatable bonds is 5. The van der Waals surface area contributed by atoms with Crippen molar-refractivity contribution in [3.05, 3.63) is 35.4 Å². The molecule has 1 amide bonds. The summed E-state index contributed by atoms with van der Waals surface area (Å²) in [5.74, 6) is -2.25. The van der Waals surface area contributed by atoms with Gasteiger partial charge in [0.1, 0.15) is 6.54 Å². The monoisotopic (exact) mass is 279 g/mol. The molecular formula is C14H17NO5. The van der Waals surface area contributed by atoms with E-state index >= 15 is 0 Å². The molecule has 0 saturated heterocycles. The number of hydrogen-bond acceptors (Lipinski definition) is 4. The van der Waals surface area contributed by atoms with Crippen LogP contribution in [-0.4, -0.2) is 47.5 Å². The highest BCUT2D eigenvalue weighted by Crippen LogP contribution is 2.14. The fourth-order valence-corrected chi connectivity index (χ4v) is 1.70. The maximum Gasteiger partial charge on any atom is 0.336 e. The number of carboxylic acid groups (broad SMARTS) is 1. The Morgan fingerprint density at radius 2 is 1.75 bits per heavy atom. The van der Waals surface area contributed by atoms with E-state index in [4.69, 9.17) is 5.11 Å². The summed E-state index contributed by atoms with van der Waals surface area (Å²) in [7, 11) is 1.23. The summed E-state index contributed by atoms with van der Waals surface area (Å²) in [5, 5.41) is 9.10. The third kappa shape index (κ3) is 3.57. The number of nitrogens with zero attached hydrogens (tertiary/aromatic N) is 1. The molecule has 0 radical (unpaired) electrons. The molecule has 1 aromatic carbocycles. The second kappa shape index (κ2) is 6.70. The lowest BCUT2D eigenvalue weighted by Crippen LogP contribution is -2.41. The van der Waals surface area contributed by atoms with Crippen molar-refractivity contribution >= 4 is 17.8 Å². The minimum atomic E-state index is -1.18. The van der Waals surface area contributed by atoms with Crippen molar-refractivity contribution in [3.63, 3.8) is 0 Å². The Kier molecular flexibility index (Phi) is 5.25. The predicted octanol–water partition coefficient (Wildman–Crippen LogP) is 1.41. The largest absolute Gasteiger partial charge is 0.478 e. The second-order valence-corrected chi connectivity index (χ2v) is 4.45. The van der Waals surface area contributed by atoms with Crippen LogP contribution in [0.5, 0.6) is 0 Å². The molecule has 0 fully saturated rings. The summed E-state index contributed by atoms with van der Waals surface area (Å²) in [6.07, 6.45) is 0. The molecule has 108 valence electrons. The highest BCUT2D eigenvalue weighted by Gasteiger charge is 2.25. The van der Waals surface area contributed by atoms with E-state index in [2.05, 4.69) is 4.74 Å². The third-order valence-corrected chi connectivity index (χ3v) is 2.80. The number of ether oxygens (including phenoxy) is 1. The van der Waals surface area contributed by atoms with Gasteiger partial charge in [-0.25, -0.2) is 4.79 Å². The van der Waals surface area contributed by atoms with Crippen LogP contribution in [0.15, 0.2) is 24.3 Å².